The number of H-pyrrole nitrogens is 1. The van der Waals surface area contributed by atoms with Crippen molar-refractivity contribution >= 4 is 34.5 Å². The van der Waals surface area contributed by atoms with Crippen molar-refractivity contribution < 1.29 is 44.0 Å². The number of amides is 1. The molecule has 0 atom stereocenters. The Bertz CT molecular complexity index is 1850. The number of nitrogens with zero attached hydrogens (tertiary/aromatic N) is 1. The minimum atomic E-state index is -1.44. The maximum Gasteiger partial charge on any atom is 0.343 e. The Morgan fingerprint density at radius 2 is 1.82 bits per heavy atom. The average Bonchev–Trinajstić information content (AvgIpc) is 2.85. The maximum atomic E-state index is 13.5. The van der Waals surface area contributed by atoms with Crippen molar-refractivity contribution in [1.29, 1.82) is 0 Å². The van der Waals surface area contributed by atoms with Crippen LogP contribution in [0.4, 0.5) is 0 Å². The van der Waals surface area contributed by atoms with Gasteiger partial charge in [-0.2, -0.15) is 0 Å². The van der Waals surface area contributed by atoms with Gasteiger partial charge in [0, 0.05) is 17.8 Å². The number of esters is 1. The zero-order valence-electron chi connectivity index (χ0n) is 19.2. The van der Waals surface area contributed by atoms with Gasteiger partial charge in [0.1, 0.15) is 29.6 Å². The Morgan fingerprint density at radius 3 is 2.50 bits per heavy atom. The number of aromatic amines is 1. The number of phenols is 2. The van der Waals surface area contributed by atoms with E-state index in [0.29, 0.717) is 0 Å². The first-order valence-corrected chi connectivity index (χ1v) is 10.5. The first kappa shape index (κ1) is 25.5. The quantitative estimate of drug-likeness (QED) is 0.138. The number of ether oxygens (including phenoxy) is 1. The van der Waals surface area contributed by atoms with Crippen LogP contribution in [0.3, 0.4) is 0 Å². The van der Waals surface area contributed by atoms with Crippen LogP contribution < -0.4 is 21.7 Å². The number of carbonyl (C=O) groups is 3. The van der Waals surface area contributed by atoms with Crippen molar-refractivity contribution in [3.8, 4) is 28.4 Å². The third-order valence-corrected chi connectivity index (χ3v) is 5.42. The number of fused-ring (bicyclic) bond motifs is 2. The molecule has 196 valence electrons. The molecule has 15 nitrogen and oxygen atoms in total. The van der Waals surface area contributed by atoms with Crippen LogP contribution in [0.15, 0.2) is 43.4 Å². The molecule has 0 bridgehead atoms. The molecule has 0 aliphatic carbocycles. The molecule has 4 rings (SSSR count). The molecule has 0 aliphatic heterocycles. The monoisotopic (exact) mass is 527 g/mol. The van der Waals surface area contributed by atoms with Gasteiger partial charge in [0.15, 0.2) is 23.9 Å². The molecule has 15 heteroatoms. The van der Waals surface area contributed by atoms with E-state index in [1.807, 2.05) is 5.32 Å². The zero-order chi connectivity index (χ0) is 27.9. The minimum Gasteiger partial charge on any atom is -0.504 e. The highest BCUT2D eigenvalue weighted by atomic mass is 16.5. The molecule has 1 amide bonds. The van der Waals surface area contributed by atoms with E-state index in [2.05, 4.69) is 4.98 Å². The fourth-order valence-corrected chi connectivity index (χ4v) is 3.70. The lowest BCUT2D eigenvalue weighted by molar-refractivity contribution is -0.138. The van der Waals surface area contributed by atoms with Crippen LogP contribution in [0.2, 0.25) is 0 Å². The fourth-order valence-electron chi connectivity index (χ4n) is 3.70. The lowest BCUT2D eigenvalue weighted by atomic mass is 10.0. The summed E-state index contributed by atoms with van der Waals surface area (Å²) in [6.45, 7) is -0.328. The van der Waals surface area contributed by atoms with Crippen LogP contribution in [0.25, 0.3) is 27.7 Å². The molecule has 0 saturated carbocycles. The van der Waals surface area contributed by atoms with Gasteiger partial charge in [-0.25, -0.2) is 4.79 Å². The molecule has 0 spiro atoms. The second-order valence-electron chi connectivity index (χ2n) is 7.93. The molecule has 3 heterocycles. The van der Waals surface area contributed by atoms with Gasteiger partial charge in [0.2, 0.25) is 10.9 Å². The number of hydrogen-bond acceptors (Lipinski definition) is 11. The number of pyridine rings is 1. The molecule has 6 N–H and O–H groups in total. The van der Waals surface area contributed by atoms with Gasteiger partial charge < -0.3 is 39.9 Å². The first-order valence-electron chi connectivity index (χ1n) is 10.5. The molecule has 0 radical (unpaired) electrons. The number of aromatic hydroxyl groups is 3. The highest BCUT2D eigenvalue weighted by Crippen LogP contribution is 2.36. The Morgan fingerprint density at radius 1 is 1.11 bits per heavy atom. The third-order valence-electron chi connectivity index (χ3n) is 5.42. The predicted molar refractivity (Wildman–Crippen MR) is 126 cm³/mol. The molecule has 0 unspecified atom stereocenters. The number of nitrogens with one attached hydrogen (secondary N) is 2. The van der Waals surface area contributed by atoms with E-state index < -0.39 is 81.2 Å². The third kappa shape index (κ3) is 4.39. The standard InChI is InChI=1S/C23H17N3O12/c1-8-17(22(35)26-5-12(29)10(27)3-14(26)25-8)9-6-37-13-2-11(28)21(34)19(18(13)20(9)33)23(36)38-7-15(30)24-4-16(31)32/h2-3,5-6,25,28-29,34H,4,7H2,1H3,(H,24,30)(H,31,32). The summed E-state index contributed by atoms with van der Waals surface area (Å²) in [6, 6.07) is 1.81. The van der Waals surface area contributed by atoms with E-state index in [-0.39, 0.29) is 22.5 Å². The predicted octanol–water partition coefficient (Wildman–Crippen LogP) is -0.456. The highest BCUT2D eigenvalue weighted by Gasteiger charge is 2.27. The van der Waals surface area contributed by atoms with E-state index in [9.17, 15) is 44.1 Å². The molecule has 3 aromatic heterocycles. The molecular formula is C23H17N3O12. The average molecular weight is 527 g/mol. The van der Waals surface area contributed by atoms with Crippen molar-refractivity contribution in [2.75, 3.05) is 13.2 Å². The maximum absolute atomic E-state index is 13.5. The number of aromatic nitrogens is 2. The summed E-state index contributed by atoms with van der Waals surface area (Å²) in [7, 11) is 0. The first-order chi connectivity index (χ1) is 17.9. The van der Waals surface area contributed by atoms with Gasteiger partial charge in [-0.15, -0.1) is 0 Å². The van der Waals surface area contributed by atoms with Gasteiger partial charge in [-0.05, 0) is 6.92 Å². The van der Waals surface area contributed by atoms with Crippen molar-refractivity contribution in [2.24, 2.45) is 0 Å². The van der Waals surface area contributed by atoms with Crippen molar-refractivity contribution in [1.82, 2.24) is 14.7 Å². The van der Waals surface area contributed by atoms with Crippen LogP contribution in [-0.2, 0) is 14.3 Å². The number of carboxylic acid groups (broad SMARTS) is 1. The number of aliphatic carboxylic acids is 1. The summed E-state index contributed by atoms with van der Waals surface area (Å²) in [5.74, 6) is -6.47. The van der Waals surface area contributed by atoms with Crippen LogP contribution in [-0.4, -0.2) is 60.8 Å². The topological polar surface area (TPSA) is 238 Å². The van der Waals surface area contributed by atoms with Crippen LogP contribution in [0, 0.1) is 6.92 Å². The molecule has 0 fully saturated rings. The number of phenolic OH excluding ortho intramolecular Hbond substituents is 2. The second kappa shape index (κ2) is 9.45. The molecule has 1 aromatic carbocycles. The Labute approximate surface area is 208 Å². The number of benzene rings is 1. The van der Waals surface area contributed by atoms with E-state index in [4.69, 9.17) is 14.3 Å². The van der Waals surface area contributed by atoms with Crippen LogP contribution in [0.5, 0.6) is 17.2 Å². The molecule has 0 aliphatic rings. The SMILES string of the molecule is Cc1[nH]c2cc(=O)c(O)cn2c(=O)c1-c1coc2cc(O)c(O)c(C(=O)OCC(=O)NCC(=O)O)c2c1=O. The molecular weight excluding hydrogens is 510 g/mol. The van der Waals surface area contributed by atoms with E-state index in [1.54, 1.807) is 0 Å². The number of carbonyl (C=O) groups excluding carboxylic acids is 2. The number of rotatable bonds is 6. The van der Waals surface area contributed by atoms with Gasteiger partial charge in [0.25, 0.3) is 11.5 Å². The van der Waals surface area contributed by atoms with Crippen molar-refractivity contribution in [3.05, 3.63) is 66.7 Å². The van der Waals surface area contributed by atoms with Crippen molar-refractivity contribution in [3.63, 3.8) is 0 Å². The second-order valence-corrected chi connectivity index (χ2v) is 7.93. The van der Waals surface area contributed by atoms with Gasteiger partial charge in [-0.3, -0.25) is 28.4 Å². The normalized spacial score (nSPS) is 11.0. The number of carboxylic acids is 1. The number of aryl methyl sites for hydroxylation is 1. The lowest BCUT2D eigenvalue weighted by Gasteiger charge is -2.12. The summed E-state index contributed by atoms with van der Waals surface area (Å²) in [5, 5.41) is 40.1. The minimum absolute atomic E-state index is 0.0113. The highest BCUT2D eigenvalue weighted by molar-refractivity contribution is 6.07. The Balaban J connectivity index is 1.89. The van der Waals surface area contributed by atoms with Gasteiger partial charge in [0.05, 0.1) is 22.7 Å². The molecule has 4 aromatic rings. The Hall–Kier alpha value is -5.60. The molecule has 38 heavy (non-hydrogen) atoms. The number of hydrogen-bond donors (Lipinski definition) is 6. The largest absolute Gasteiger partial charge is 0.504 e. The van der Waals surface area contributed by atoms with Crippen molar-refractivity contribution in [2.45, 2.75) is 6.92 Å². The summed E-state index contributed by atoms with van der Waals surface area (Å²) in [4.78, 5) is 76.3. The molecule has 0 saturated heterocycles. The van der Waals surface area contributed by atoms with E-state index in [1.165, 1.54) is 6.92 Å². The van der Waals surface area contributed by atoms with Crippen LogP contribution in [0.1, 0.15) is 16.1 Å². The fraction of sp³-hybridized carbons (Fsp3) is 0.130. The lowest BCUT2D eigenvalue weighted by Crippen LogP contribution is -2.33. The van der Waals surface area contributed by atoms with Gasteiger partial charge in [-0.1, -0.05) is 0 Å². The summed E-state index contributed by atoms with van der Waals surface area (Å²) in [5.41, 5.74) is -4.42. The summed E-state index contributed by atoms with van der Waals surface area (Å²) in [6.07, 6.45) is 1.73. The van der Waals surface area contributed by atoms with Crippen LogP contribution >= 0.6 is 0 Å². The smallest absolute Gasteiger partial charge is 0.343 e. The van der Waals surface area contributed by atoms with E-state index in [0.717, 1.165) is 29.0 Å². The zero-order valence-corrected chi connectivity index (χ0v) is 19.2. The summed E-state index contributed by atoms with van der Waals surface area (Å²) >= 11 is 0. The van der Waals surface area contributed by atoms with E-state index >= 15 is 0 Å². The Kier molecular flexibility index (Phi) is 6.34. The van der Waals surface area contributed by atoms with Gasteiger partial charge >= 0.3 is 11.9 Å². The summed E-state index contributed by atoms with van der Waals surface area (Å²) < 4.78 is 11.0.